The van der Waals surface area contributed by atoms with Crippen LogP contribution in [0.3, 0.4) is 0 Å². The van der Waals surface area contributed by atoms with E-state index in [9.17, 15) is 9.59 Å². The summed E-state index contributed by atoms with van der Waals surface area (Å²) < 4.78 is 0. The molecular formula is C9H14N2O4. The Labute approximate surface area is 87.7 Å². The molecule has 6 heteroatoms. The minimum absolute atomic E-state index is 0.133. The van der Waals surface area contributed by atoms with Gasteiger partial charge in [0.05, 0.1) is 12.6 Å². The van der Waals surface area contributed by atoms with Crippen molar-refractivity contribution in [2.75, 3.05) is 6.54 Å². The molecule has 0 aliphatic heterocycles. The number of rotatable bonds is 4. The summed E-state index contributed by atoms with van der Waals surface area (Å²) >= 11 is 0. The average Bonchev–Trinajstić information content (AvgIpc) is 2.13. The molecule has 84 valence electrons. The smallest absolute Gasteiger partial charge is 0.328 e. The van der Waals surface area contributed by atoms with Crippen LogP contribution in [-0.4, -0.2) is 40.9 Å². The van der Waals surface area contributed by atoms with Crippen LogP contribution in [0.5, 0.6) is 0 Å². The summed E-state index contributed by atoms with van der Waals surface area (Å²) in [7, 11) is 0. The molecule has 0 aromatic rings. The highest BCUT2D eigenvalue weighted by molar-refractivity contribution is 5.83. The second-order valence-electron chi connectivity index (χ2n) is 2.81. The predicted molar refractivity (Wildman–Crippen MR) is 53.1 cm³/mol. The average molecular weight is 214 g/mol. The van der Waals surface area contributed by atoms with Crippen LogP contribution in [0.1, 0.15) is 13.8 Å². The molecule has 0 radical (unpaired) electrons. The second kappa shape index (κ2) is 6.68. The second-order valence-corrected chi connectivity index (χ2v) is 2.81. The van der Waals surface area contributed by atoms with Crippen molar-refractivity contribution >= 4 is 12.0 Å². The first-order valence-corrected chi connectivity index (χ1v) is 4.34. The molecule has 2 atom stereocenters. The number of nitrogens with one attached hydrogen (secondary N) is 2. The molecule has 2 amide bonds. The maximum Gasteiger partial charge on any atom is 0.328 e. The van der Waals surface area contributed by atoms with E-state index in [4.69, 9.17) is 10.2 Å². The van der Waals surface area contributed by atoms with Crippen LogP contribution < -0.4 is 10.6 Å². The summed E-state index contributed by atoms with van der Waals surface area (Å²) in [5, 5.41) is 22.1. The van der Waals surface area contributed by atoms with Gasteiger partial charge >= 0.3 is 12.0 Å². The quantitative estimate of drug-likeness (QED) is 0.458. The van der Waals surface area contributed by atoms with Gasteiger partial charge in [0.15, 0.2) is 6.04 Å². The first-order valence-electron chi connectivity index (χ1n) is 4.34. The number of amides is 2. The van der Waals surface area contributed by atoms with Crippen molar-refractivity contribution in [1.29, 1.82) is 0 Å². The lowest BCUT2D eigenvalue weighted by molar-refractivity contribution is -0.141. The van der Waals surface area contributed by atoms with Gasteiger partial charge in [-0.1, -0.05) is 5.92 Å². The number of aliphatic carboxylic acids is 1. The molecule has 0 saturated heterocycles. The van der Waals surface area contributed by atoms with Crippen molar-refractivity contribution in [3.8, 4) is 11.8 Å². The van der Waals surface area contributed by atoms with E-state index >= 15 is 0 Å². The summed E-state index contributed by atoms with van der Waals surface area (Å²) in [6.45, 7) is 3.04. The Balaban J connectivity index is 4.10. The van der Waals surface area contributed by atoms with Crippen molar-refractivity contribution in [2.24, 2.45) is 0 Å². The molecule has 15 heavy (non-hydrogen) atoms. The van der Waals surface area contributed by atoms with Crippen molar-refractivity contribution < 1.29 is 19.8 Å². The maximum absolute atomic E-state index is 11.1. The van der Waals surface area contributed by atoms with Crippen LogP contribution in [0.15, 0.2) is 0 Å². The molecule has 0 spiro atoms. The number of carboxylic acids is 1. The van der Waals surface area contributed by atoms with E-state index in [0.29, 0.717) is 0 Å². The third kappa shape index (κ3) is 5.54. The zero-order valence-corrected chi connectivity index (χ0v) is 8.57. The highest BCUT2D eigenvalue weighted by atomic mass is 16.4. The number of carbonyl (C=O) groups is 2. The van der Waals surface area contributed by atoms with Gasteiger partial charge < -0.3 is 20.8 Å². The number of aliphatic hydroxyl groups excluding tert-OH is 1. The molecule has 0 aromatic heterocycles. The lowest BCUT2D eigenvalue weighted by atomic mass is 10.2. The van der Waals surface area contributed by atoms with Gasteiger partial charge in [-0.3, -0.25) is 0 Å². The lowest BCUT2D eigenvalue weighted by Gasteiger charge is -2.16. The standard InChI is InChI=1S/C9H14N2O4/c1-3-4-5-10-9(15)11-7(6(2)12)8(13)14/h6-7,12H,5H2,1-2H3,(H,13,14)(H2,10,11,15). The first-order chi connectivity index (χ1) is 6.99. The third-order valence-electron chi connectivity index (χ3n) is 1.55. The van der Waals surface area contributed by atoms with E-state index in [1.165, 1.54) is 6.92 Å². The van der Waals surface area contributed by atoms with Crippen LogP contribution in [0.25, 0.3) is 0 Å². The Morgan fingerprint density at radius 3 is 2.47 bits per heavy atom. The van der Waals surface area contributed by atoms with Crippen molar-refractivity contribution in [3.63, 3.8) is 0 Å². The Hall–Kier alpha value is -1.74. The fraction of sp³-hybridized carbons (Fsp3) is 0.556. The van der Waals surface area contributed by atoms with Crippen molar-refractivity contribution in [2.45, 2.75) is 26.0 Å². The molecule has 0 rings (SSSR count). The van der Waals surface area contributed by atoms with Gasteiger partial charge in [0.2, 0.25) is 0 Å². The van der Waals surface area contributed by atoms with E-state index in [-0.39, 0.29) is 6.54 Å². The summed E-state index contributed by atoms with van der Waals surface area (Å²) in [4.78, 5) is 21.6. The summed E-state index contributed by atoms with van der Waals surface area (Å²) in [6.07, 6.45) is -1.16. The third-order valence-corrected chi connectivity index (χ3v) is 1.55. The number of hydrogen-bond donors (Lipinski definition) is 4. The van der Waals surface area contributed by atoms with E-state index in [0.717, 1.165) is 0 Å². The van der Waals surface area contributed by atoms with Crippen molar-refractivity contribution in [1.82, 2.24) is 10.6 Å². The van der Waals surface area contributed by atoms with Gasteiger partial charge in [0, 0.05) is 0 Å². The minimum atomic E-state index is -1.32. The van der Waals surface area contributed by atoms with Crippen molar-refractivity contribution in [3.05, 3.63) is 0 Å². The zero-order chi connectivity index (χ0) is 11.8. The molecule has 6 nitrogen and oxygen atoms in total. The van der Waals surface area contributed by atoms with E-state index in [1.54, 1.807) is 6.92 Å². The lowest BCUT2D eigenvalue weighted by Crippen LogP contribution is -2.51. The van der Waals surface area contributed by atoms with Crippen LogP contribution in [0.2, 0.25) is 0 Å². The Kier molecular flexibility index (Phi) is 5.90. The molecule has 0 saturated carbocycles. The van der Waals surface area contributed by atoms with Gasteiger partial charge in [-0.25, -0.2) is 9.59 Å². The van der Waals surface area contributed by atoms with Gasteiger partial charge in [0.25, 0.3) is 0 Å². The highest BCUT2D eigenvalue weighted by Gasteiger charge is 2.24. The monoisotopic (exact) mass is 214 g/mol. The summed E-state index contributed by atoms with van der Waals surface area (Å²) in [5.41, 5.74) is 0. The molecule has 0 bridgehead atoms. The van der Waals surface area contributed by atoms with Gasteiger partial charge in [-0.05, 0) is 13.8 Å². The zero-order valence-electron chi connectivity index (χ0n) is 8.57. The molecule has 2 unspecified atom stereocenters. The highest BCUT2D eigenvalue weighted by Crippen LogP contribution is 1.92. The number of hydrogen-bond acceptors (Lipinski definition) is 3. The number of aliphatic hydroxyl groups is 1. The Morgan fingerprint density at radius 2 is 2.07 bits per heavy atom. The first kappa shape index (κ1) is 13.3. The van der Waals surface area contributed by atoms with Gasteiger partial charge in [-0.15, -0.1) is 5.92 Å². The fourth-order valence-electron chi connectivity index (χ4n) is 0.794. The number of carboxylic acid groups (broad SMARTS) is 1. The molecule has 0 heterocycles. The molecule has 0 aromatic carbocycles. The van der Waals surface area contributed by atoms with Crippen LogP contribution >= 0.6 is 0 Å². The van der Waals surface area contributed by atoms with Crippen LogP contribution in [0.4, 0.5) is 4.79 Å². The van der Waals surface area contributed by atoms with E-state index in [1.807, 2.05) is 0 Å². The molecule has 4 N–H and O–H groups in total. The Bertz CT molecular complexity index is 290. The Morgan fingerprint density at radius 1 is 1.47 bits per heavy atom. The SMILES string of the molecule is CC#CCNC(=O)NC(C(=O)O)C(C)O. The predicted octanol–water partition coefficient (Wildman–Crippen LogP) is -0.857. The molecule has 0 fully saturated rings. The maximum atomic E-state index is 11.1. The number of carbonyl (C=O) groups excluding carboxylic acids is 1. The van der Waals surface area contributed by atoms with Crippen LogP contribution in [-0.2, 0) is 4.79 Å². The minimum Gasteiger partial charge on any atom is -0.480 e. The topological polar surface area (TPSA) is 98.7 Å². The summed E-state index contributed by atoms with van der Waals surface area (Å²) in [5.74, 6) is 3.85. The number of urea groups is 1. The van der Waals surface area contributed by atoms with Gasteiger partial charge in [-0.2, -0.15) is 0 Å². The normalized spacial score (nSPS) is 13.0. The molecular weight excluding hydrogens is 200 g/mol. The van der Waals surface area contributed by atoms with E-state index < -0.39 is 24.1 Å². The van der Waals surface area contributed by atoms with Gasteiger partial charge in [0.1, 0.15) is 0 Å². The van der Waals surface area contributed by atoms with Crippen LogP contribution in [0, 0.1) is 11.8 Å². The molecule has 0 aliphatic carbocycles. The largest absolute Gasteiger partial charge is 0.480 e. The molecule has 0 aliphatic rings. The van der Waals surface area contributed by atoms with E-state index in [2.05, 4.69) is 22.5 Å². The fourth-order valence-corrected chi connectivity index (χ4v) is 0.794. The summed E-state index contributed by atoms with van der Waals surface area (Å²) in [6, 6.07) is -1.99.